The molecule has 2 aromatic rings. The first-order chi connectivity index (χ1) is 9.68. The Kier molecular flexibility index (Phi) is 3.32. The van der Waals surface area contributed by atoms with Crippen molar-refractivity contribution in [1.29, 1.82) is 0 Å². The lowest BCUT2D eigenvalue weighted by atomic mass is 9.95. The number of benzene rings is 1. The summed E-state index contributed by atoms with van der Waals surface area (Å²) in [4.78, 5) is 16.5. The molecule has 1 aromatic carbocycles. The third-order valence-electron chi connectivity index (χ3n) is 3.81. The Labute approximate surface area is 118 Å². The average molecular weight is 270 g/mol. The fourth-order valence-electron chi connectivity index (χ4n) is 2.82. The van der Waals surface area contributed by atoms with Crippen LogP contribution in [0.5, 0.6) is 0 Å². The molecule has 0 spiro atoms. The van der Waals surface area contributed by atoms with E-state index in [1.54, 1.807) is 12.1 Å². The van der Waals surface area contributed by atoms with Crippen LogP contribution in [0.2, 0.25) is 0 Å². The summed E-state index contributed by atoms with van der Waals surface area (Å²) >= 11 is 0. The van der Waals surface area contributed by atoms with Gasteiger partial charge in [0.25, 0.3) is 5.91 Å². The van der Waals surface area contributed by atoms with Gasteiger partial charge in [-0.1, -0.05) is 18.2 Å². The number of fused-ring (bicyclic) bond motifs is 1. The van der Waals surface area contributed by atoms with E-state index in [1.165, 1.54) is 11.8 Å². The van der Waals surface area contributed by atoms with Crippen molar-refractivity contribution in [3.63, 3.8) is 0 Å². The van der Waals surface area contributed by atoms with Crippen LogP contribution in [0.25, 0.3) is 0 Å². The molecule has 0 aliphatic carbocycles. The Morgan fingerprint density at radius 1 is 1.25 bits per heavy atom. The third kappa shape index (κ3) is 2.12. The predicted molar refractivity (Wildman–Crippen MR) is 77.9 cm³/mol. The zero-order valence-electron chi connectivity index (χ0n) is 11.7. The normalized spacial score (nSPS) is 18.1. The second-order valence-corrected chi connectivity index (χ2v) is 5.26. The van der Waals surface area contributed by atoms with Gasteiger partial charge in [-0.05, 0) is 44.3 Å². The van der Waals surface area contributed by atoms with Crippen LogP contribution in [0.15, 0.2) is 47.1 Å². The van der Waals surface area contributed by atoms with Crippen molar-refractivity contribution >= 4 is 11.6 Å². The van der Waals surface area contributed by atoms with Crippen molar-refractivity contribution in [2.24, 2.45) is 0 Å². The summed E-state index contributed by atoms with van der Waals surface area (Å²) in [5, 5.41) is 0. The molecule has 0 saturated heterocycles. The van der Waals surface area contributed by atoms with E-state index in [2.05, 4.69) is 25.1 Å². The molecule has 1 aliphatic heterocycles. The quantitative estimate of drug-likeness (QED) is 0.842. The Hall–Kier alpha value is -2.07. The molecule has 0 radical (unpaired) electrons. The summed E-state index contributed by atoms with van der Waals surface area (Å²) in [6.45, 7) is 0.708. The van der Waals surface area contributed by atoms with Crippen LogP contribution < -0.4 is 4.90 Å². The highest BCUT2D eigenvalue weighted by Crippen LogP contribution is 2.36. The summed E-state index contributed by atoms with van der Waals surface area (Å²) in [6.07, 6.45) is 2.46. The highest BCUT2D eigenvalue weighted by atomic mass is 16.3. The van der Waals surface area contributed by atoms with Gasteiger partial charge in [-0.2, -0.15) is 0 Å². The third-order valence-corrected chi connectivity index (χ3v) is 3.81. The number of nitrogens with zero attached hydrogens (tertiary/aromatic N) is 2. The number of para-hydroxylation sites is 1. The van der Waals surface area contributed by atoms with Crippen LogP contribution in [0.1, 0.15) is 28.6 Å². The minimum Gasteiger partial charge on any atom is -0.459 e. The van der Waals surface area contributed by atoms with E-state index < -0.39 is 0 Å². The summed E-state index contributed by atoms with van der Waals surface area (Å²) < 4.78 is 5.24. The standard InChI is InChI=1S/C16H18N2O2/c1-17(2)13-9-10-18(14-7-4-3-6-12(13)14)16(19)15-8-5-11-20-15/h3-8,11,13H,9-10H2,1-2H3. The molecule has 2 heterocycles. The van der Waals surface area contributed by atoms with Crippen LogP contribution in [0.3, 0.4) is 0 Å². The Bertz CT molecular complexity index is 605. The zero-order valence-corrected chi connectivity index (χ0v) is 11.7. The SMILES string of the molecule is CN(C)C1CCN(C(=O)c2ccco2)c2ccccc21. The maximum absolute atomic E-state index is 12.5. The van der Waals surface area contributed by atoms with Gasteiger partial charge in [0.05, 0.1) is 6.26 Å². The Morgan fingerprint density at radius 3 is 2.75 bits per heavy atom. The summed E-state index contributed by atoms with van der Waals surface area (Å²) in [5.41, 5.74) is 2.18. The van der Waals surface area contributed by atoms with Gasteiger partial charge >= 0.3 is 0 Å². The number of carbonyl (C=O) groups excluding carboxylic acids is 1. The largest absolute Gasteiger partial charge is 0.459 e. The number of hydrogen-bond acceptors (Lipinski definition) is 3. The topological polar surface area (TPSA) is 36.7 Å². The van der Waals surface area contributed by atoms with Crippen molar-refractivity contribution in [2.45, 2.75) is 12.5 Å². The van der Waals surface area contributed by atoms with E-state index >= 15 is 0 Å². The number of anilines is 1. The van der Waals surface area contributed by atoms with E-state index in [9.17, 15) is 4.79 Å². The van der Waals surface area contributed by atoms with Gasteiger partial charge in [-0.3, -0.25) is 4.79 Å². The fraction of sp³-hybridized carbons (Fsp3) is 0.312. The maximum atomic E-state index is 12.5. The van der Waals surface area contributed by atoms with Crippen molar-refractivity contribution in [3.8, 4) is 0 Å². The van der Waals surface area contributed by atoms with Gasteiger partial charge in [-0.25, -0.2) is 0 Å². The molecule has 4 heteroatoms. The summed E-state index contributed by atoms with van der Waals surface area (Å²) in [5.74, 6) is 0.322. The van der Waals surface area contributed by atoms with Crippen LogP contribution in [0, 0.1) is 0 Å². The number of carbonyl (C=O) groups is 1. The Balaban J connectivity index is 1.99. The highest BCUT2D eigenvalue weighted by molar-refractivity contribution is 6.05. The molecule has 0 saturated carbocycles. The predicted octanol–water partition coefficient (Wildman–Crippen LogP) is 2.93. The molecule has 1 amide bonds. The molecular weight excluding hydrogens is 252 g/mol. The minimum absolute atomic E-state index is 0.0698. The van der Waals surface area contributed by atoms with Crippen LogP contribution in [-0.2, 0) is 0 Å². The molecule has 1 aromatic heterocycles. The molecule has 104 valence electrons. The number of amides is 1. The van der Waals surface area contributed by atoms with Gasteiger partial charge < -0.3 is 14.2 Å². The van der Waals surface area contributed by atoms with Crippen LogP contribution in [0.4, 0.5) is 5.69 Å². The second-order valence-electron chi connectivity index (χ2n) is 5.26. The molecule has 0 N–H and O–H groups in total. The number of furan rings is 1. The molecule has 20 heavy (non-hydrogen) atoms. The first kappa shape index (κ1) is 12.9. The zero-order chi connectivity index (χ0) is 14.1. The molecule has 1 aliphatic rings. The van der Waals surface area contributed by atoms with Gasteiger partial charge in [0.15, 0.2) is 5.76 Å². The van der Waals surface area contributed by atoms with Crippen LogP contribution >= 0.6 is 0 Å². The van der Waals surface area contributed by atoms with Gasteiger partial charge in [0, 0.05) is 18.3 Å². The molecule has 1 atom stereocenters. The first-order valence-electron chi connectivity index (χ1n) is 6.79. The average Bonchev–Trinajstić information content (AvgIpc) is 2.99. The van der Waals surface area contributed by atoms with Gasteiger partial charge in [0.1, 0.15) is 0 Å². The lowest BCUT2D eigenvalue weighted by Gasteiger charge is -2.36. The second kappa shape index (κ2) is 5.13. The van der Waals surface area contributed by atoms with Gasteiger partial charge in [0.2, 0.25) is 0 Å². The molecule has 0 fully saturated rings. The lowest BCUT2D eigenvalue weighted by molar-refractivity contribution is 0.0953. The molecule has 1 unspecified atom stereocenters. The lowest BCUT2D eigenvalue weighted by Crippen LogP contribution is -2.39. The van der Waals surface area contributed by atoms with Crippen molar-refractivity contribution in [3.05, 3.63) is 54.0 Å². The van der Waals surface area contributed by atoms with Gasteiger partial charge in [-0.15, -0.1) is 0 Å². The van der Waals surface area contributed by atoms with E-state index in [-0.39, 0.29) is 5.91 Å². The van der Waals surface area contributed by atoms with Crippen molar-refractivity contribution < 1.29 is 9.21 Å². The Morgan fingerprint density at radius 2 is 2.05 bits per heavy atom. The van der Waals surface area contributed by atoms with E-state index in [0.29, 0.717) is 18.3 Å². The summed E-state index contributed by atoms with van der Waals surface area (Å²) in [6, 6.07) is 11.9. The molecular formula is C16H18N2O2. The number of rotatable bonds is 2. The van der Waals surface area contributed by atoms with Crippen LogP contribution in [-0.4, -0.2) is 31.4 Å². The number of hydrogen-bond donors (Lipinski definition) is 0. The van der Waals surface area contributed by atoms with Crippen molar-refractivity contribution in [1.82, 2.24) is 4.90 Å². The van der Waals surface area contributed by atoms with E-state index in [0.717, 1.165) is 12.1 Å². The maximum Gasteiger partial charge on any atom is 0.293 e. The fourth-order valence-corrected chi connectivity index (χ4v) is 2.82. The first-order valence-corrected chi connectivity index (χ1v) is 6.79. The highest BCUT2D eigenvalue weighted by Gasteiger charge is 2.30. The van der Waals surface area contributed by atoms with Crippen molar-refractivity contribution in [2.75, 3.05) is 25.5 Å². The molecule has 4 nitrogen and oxygen atoms in total. The monoisotopic (exact) mass is 270 g/mol. The minimum atomic E-state index is -0.0698. The molecule has 3 rings (SSSR count). The smallest absolute Gasteiger partial charge is 0.293 e. The molecule has 0 bridgehead atoms. The van der Waals surface area contributed by atoms with E-state index in [4.69, 9.17) is 4.42 Å². The van der Waals surface area contributed by atoms with E-state index in [1.807, 2.05) is 23.1 Å². The summed E-state index contributed by atoms with van der Waals surface area (Å²) in [7, 11) is 4.15.